The molecule has 1 N–H and O–H groups in total. The van der Waals surface area contributed by atoms with Crippen LogP contribution in [0.3, 0.4) is 0 Å². The van der Waals surface area contributed by atoms with Crippen molar-refractivity contribution in [3.63, 3.8) is 0 Å². The van der Waals surface area contributed by atoms with Crippen molar-refractivity contribution >= 4 is 23.6 Å². The summed E-state index contributed by atoms with van der Waals surface area (Å²) in [6.07, 6.45) is 2.90. The third-order valence-electron chi connectivity index (χ3n) is 5.33. The topological polar surface area (TPSA) is 58.6 Å². The van der Waals surface area contributed by atoms with Gasteiger partial charge in [0.15, 0.2) is 0 Å². The van der Waals surface area contributed by atoms with Crippen molar-refractivity contribution in [2.45, 2.75) is 63.9 Å². The number of nitrogens with one attached hydrogen (secondary N) is 1. The second-order valence-electron chi connectivity index (χ2n) is 7.85. The minimum Gasteiger partial charge on any atom is -0.497 e. The maximum Gasteiger partial charge on any atom is 0.242 e. The van der Waals surface area contributed by atoms with Crippen LogP contribution in [0.5, 0.6) is 5.75 Å². The quantitative estimate of drug-likeness (QED) is 0.332. The predicted octanol–water partition coefficient (Wildman–Crippen LogP) is 5.21. The van der Waals surface area contributed by atoms with E-state index in [1.165, 1.54) is 5.56 Å². The van der Waals surface area contributed by atoms with Gasteiger partial charge in [0.25, 0.3) is 0 Å². The molecule has 174 valence electrons. The van der Waals surface area contributed by atoms with Gasteiger partial charge in [-0.05, 0) is 49.6 Å². The van der Waals surface area contributed by atoms with E-state index < -0.39 is 6.04 Å². The zero-order chi connectivity index (χ0) is 23.3. The summed E-state index contributed by atoms with van der Waals surface area (Å²) in [5.74, 6) is 1.37. The molecule has 0 aliphatic rings. The molecular weight excluding hydrogens is 420 g/mol. The minimum absolute atomic E-state index is 0.00192. The van der Waals surface area contributed by atoms with Crippen molar-refractivity contribution in [1.29, 1.82) is 0 Å². The Morgan fingerprint density at radius 1 is 1.06 bits per heavy atom. The van der Waals surface area contributed by atoms with E-state index in [0.29, 0.717) is 31.7 Å². The van der Waals surface area contributed by atoms with Gasteiger partial charge in [0.1, 0.15) is 11.8 Å². The monoisotopic (exact) mass is 456 g/mol. The number of nitrogens with zero attached hydrogens (tertiary/aromatic N) is 1. The number of aryl methyl sites for hydroxylation is 1. The number of methoxy groups -OCH3 is 1. The lowest BCUT2D eigenvalue weighted by Crippen LogP contribution is -2.49. The molecule has 1 atom stereocenters. The summed E-state index contributed by atoms with van der Waals surface area (Å²) in [5.41, 5.74) is 2.20. The van der Waals surface area contributed by atoms with Gasteiger partial charge in [0, 0.05) is 30.2 Å². The lowest BCUT2D eigenvalue weighted by atomic mass is 10.1. The lowest BCUT2D eigenvalue weighted by molar-refractivity contribution is -0.141. The molecule has 2 aromatic rings. The third kappa shape index (κ3) is 8.23. The summed E-state index contributed by atoms with van der Waals surface area (Å²) < 4.78 is 5.24. The van der Waals surface area contributed by atoms with Crippen LogP contribution in [-0.4, -0.2) is 42.2 Å². The number of rotatable bonds is 13. The Labute approximate surface area is 196 Å². The average molecular weight is 457 g/mol. The normalized spacial score (nSPS) is 11.6. The van der Waals surface area contributed by atoms with Crippen LogP contribution in [0.15, 0.2) is 53.4 Å². The van der Waals surface area contributed by atoms with Crippen LogP contribution in [0.2, 0.25) is 0 Å². The number of hydrogen-bond donors (Lipinski definition) is 1. The molecule has 0 aliphatic carbocycles. The predicted molar refractivity (Wildman–Crippen MR) is 132 cm³/mol. The fourth-order valence-electron chi connectivity index (χ4n) is 3.39. The van der Waals surface area contributed by atoms with Gasteiger partial charge >= 0.3 is 0 Å². The fraction of sp³-hybridized carbons (Fsp3) is 0.462. The number of carbonyl (C=O) groups is 2. The van der Waals surface area contributed by atoms with E-state index in [1.807, 2.05) is 31.2 Å². The highest BCUT2D eigenvalue weighted by Gasteiger charge is 2.28. The molecule has 0 aliphatic heterocycles. The summed E-state index contributed by atoms with van der Waals surface area (Å²) in [4.78, 5) is 29.0. The minimum atomic E-state index is -0.481. The molecule has 0 radical (unpaired) electrons. The molecular formula is C26H36N2O3S. The number of carbonyl (C=O) groups excluding carboxylic acids is 2. The van der Waals surface area contributed by atoms with E-state index in [2.05, 4.69) is 43.4 Å². The fourth-order valence-corrected chi connectivity index (χ4v) is 4.23. The van der Waals surface area contributed by atoms with Crippen LogP contribution >= 0.6 is 11.8 Å². The maximum atomic E-state index is 13.3. The Morgan fingerprint density at radius 2 is 1.75 bits per heavy atom. The van der Waals surface area contributed by atoms with Crippen molar-refractivity contribution < 1.29 is 14.3 Å². The maximum absolute atomic E-state index is 13.3. The highest BCUT2D eigenvalue weighted by atomic mass is 32.2. The van der Waals surface area contributed by atoms with Gasteiger partial charge in [0.05, 0.1) is 7.11 Å². The van der Waals surface area contributed by atoms with Gasteiger partial charge in [-0.15, -0.1) is 11.8 Å². The number of amides is 2. The molecule has 1 unspecified atom stereocenters. The zero-order valence-corrected chi connectivity index (χ0v) is 20.5. The van der Waals surface area contributed by atoms with Gasteiger partial charge in [-0.25, -0.2) is 0 Å². The first kappa shape index (κ1) is 25.8. The molecule has 5 nitrogen and oxygen atoms in total. The van der Waals surface area contributed by atoms with Crippen LogP contribution in [0.4, 0.5) is 0 Å². The van der Waals surface area contributed by atoms with Crippen LogP contribution in [0.1, 0.15) is 50.7 Å². The van der Waals surface area contributed by atoms with E-state index in [4.69, 9.17) is 4.74 Å². The average Bonchev–Trinajstić information content (AvgIpc) is 2.80. The molecule has 0 bridgehead atoms. The first-order chi connectivity index (χ1) is 15.5. The molecule has 2 rings (SSSR count). The number of benzene rings is 2. The summed E-state index contributed by atoms with van der Waals surface area (Å²) in [6.45, 7) is 7.15. The van der Waals surface area contributed by atoms with E-state index >= 15 is 0 Å². The highest BCUT2D eigenvalue weighted by Crippen LogP contribution is 2.21. The van der Waals surface area contributed by atoms with Crippen LogP contribution in [-0.2, 0) is 16.1 Å². The van der Waals surface area contributed by atoms with Crippen LogP contribution in [0, 0.1) is 6.92 Å². The standard InChI is InChI=1S/C26H36N2O3S/c1-5-7-17-27-26(30)24(6-2)28(19-21-10-12-22(31-4)13-11-21)25(29)16-18-32-23-14-8-20(3)9-15-23/h8-15,24H,5-7,16-19H2,1-4H3,(H,27,30). The Kier molecular flexibility index (Phi) is 11.2. The Bertz CT molecular complexity index is 837. The SMILES string of the molecule is CCCCNC(=O)C(CC)N(Cc1ccc(OC)cc1)C(=O)CCSc1ccc(C)cc1. The zero-order valence-electron chi connectivity index (χ0n) is 19.7. The van der Waals surface area contributed by atoms with Gasteiger partial charge in [-0.2, -0.15) is 0 Å². The van der Waals surface area contributed by atoms with Crippen molar-refractivity contribution in [3.05, 3.63) is 59.7 Å². The molecule has 0 saturated carbocycles. The lowest BCUT2D eigenvalue weighted by Gasteiger charge is -2.30. The molecule has 6 heteroatoms. The second kappa shape index (κ2) is 13.8. The second-order valence-corrected chi connectivity index (χ2v) is 9.02. The molecule has 0 aromatic heterocycles. The van der Waals surface area contributed by atoms with Crippen molar-refractivity contribution in [3.8, 4) is 5.75 Å². The van der Waals surface area contributed by atoms with Gasteiger partial charge in [0.2, 0.25) is 11.8 Å². The van der Waals surface area contributed by atoms with Gasteiger partial charge in [-0.1, -0.05) is 50.1 Å². The molecule has 0 saturated heterocycles. The van der Waals surface area contributed by atoms with E-state index in [1.54, 1.807) is 23.8 Å². The van der Waals surface area contributed by atoms with E-state index in [-0.39, 0.29) is 11.8 Å². The smallest absolute Gasteiger partial charge is 0.242 e. The van der Waals surface area contributed by atoms with E-state index in [0.717, 1.165) is 29.1 Å². The van der Waals surface area contributed by atoms with Gasteiger partial charge in [-0.3, -0.25) is 9.59 Å². The first-order valence-electron chi connectivity index (χ1n) is 11.4. The van der Waals surface area contributed by atoms with Gasteiger partial charge < -0.3 is 15.0 Å². The van der Waals surface area contributed by atoms with Crippen LogP contribution in [0.25, 0.3) is 0 Å². The Balaban J connectivity index is 2.09. The molecule has 2 aromatic carbocycles. The number of unbranched alkanes of at least 4 members (excludes halogenated alkanes) is 1. The first-order valence-corrected chi connectivity index (χ1v) is 12.4. The molecule has 0 fully saturated rings. The summed E-state index contributed by atoms with van der Waals surface area (Å²) >= 11 is 1.67. The molecule has 0 heterocycles. The number of ether oxygens (including phenoxy) is 1. The summed E-state index contributed by atoms with van der Waals surface area (Å²) in [7, 11) is 1.63. The van der Waals surface area contributed by atoms with Crippen molar-refractivity contribution in [1.82, 2.24) is 10.2 Å². The largest absolute Gasteiger partial charge is 0.497 e. The highest BCUT2D eigenvalue weighted by molar-refractivity contribution is 7.99. The number of thioether (sulfide) groups is 1. The van der Waals surface area contributed by atoms with Crippen LogP contribution < -0.4 is 10.1 Å². The molecule has 32 heavy (non-hydrogen) atoms. The summed E-state index contributed by atoms with van der Waals surface area (Å²) in [5, 5.41) is 3.00. The van der Waals surface area contributed by atoms with Crippen molar-refractivity contribution in [2.24, 2.45) is 0 Å². The third-order valence-corrected chi connectivity index (χ3v) is 6.35. The van der Waals surface area contributed by atoms with E-state index in [9.17, 15) is 9.59 Å². The van der Waals surface area contributed by atoms with Crippen molar-refractivity contribution in [2.75, 3.05) is 19.4 Å². The Hall–Kier alpha value is -2.47. The molecule has 2 amide bonds. The Morgan fingerprint density at radius 3 is 2.34 bits per heavy atom. The molecule has 0 spiro atoms. The number of hydrogen-bond acceptors (Lipinski definition) is 4. The summed E-state index contributed by atoms with van der Waals surface area (Å²) in [6, 6.07) is 15.5.